The first-order valence-electron chi connectivity index (χ1n) is 12.0. The van der Waals surface area contributed by atoms with Crippen molar-refractivity contribution in [3.63, 3.8) is 0 Å². The third-order valence-electron chi connectivity index (χ3n) is 6.21. The maximum Gasteiger partial charge on any atom is 0.166 e. The van der Waals surface area contributed by atoms with Crippen LogP contribution in [0.4, 0.5) is 5.82 Å². The second-order valence-electron chi connectivity index (χ2n) is 8.67. The molecular formula is C25H42N4O. The first kappa shape index (κ1) is 24.2. The van der Waals surface area contributed by atoms with Crippen LogP contribution in [-0.2, 0) is 0 Å². The number of hydrogen-bond acceptors (Lipinski definition) is 5. The number of nitrogens with zero attached hydrogens (tertiary/aromatic N) is 2. The van der Waals surface area contributed by atoms with Gasteiger partial charge in [-0.2, -0.15) is 0 Å². The summed E-state index contributed by atoms with van der Waals surface area (Å²) in [6.45, 7) is 6.59. The standard InChI is InChI=1S/C25H42N4O/c1-4-6-8-14-23(11-5-2)28-18-22(16-26)21-15-24(25(27)29-17-21)30-19(3)20-12-9-7-10-13-20/h15-20,23H,4-14,26H2,1-3H3,(H2,27,29). The smallest absolute Gasteiger partial charge is 0.166 e. The largest absolute Gasteiger partial charge is 0.487 e. The van der Waals surface area contributed by atoms with E-state index in [0.717, 1.165) is 30.4 Å². The number of pyridine rings is 1. The Morgan fingerprint density at radius 1 is 1.20 bits per heavy atom. The third-order valence-corrected chi connectivity index (χ3v) is 6.21. The highest BCUT2D eigenvalue weighted by molar-refractivity contribution is 6.09. The van der Waals surface area contributed by atoms with Crippen LogP contribution in [0.1, 0.15) is 97.0 Å². The van der Waals surface area contributed by atoms with Crippen LogP contribution in [0.15, 0.2) is 23.5 Å². The SMILES string of the molecule is CCCCCC(CCC)N=CC(=CN)c1cnc(N)c(OC(C)C2CCCCC2)c1. The van der Waals surface area contributed by atoms with Crippen LogP contribution in [0.5, 0.6) is 5.75 Å². The normalized spacial score (nSPS) is 17.9. The van der Waals surface area contributed by atoms with E-state index in [-0.39, 0.29) is 6.10 Å². The van der Waals surface area contributed by atoms with E-state index in [2.05, 4.69) is 25.8 Å². The fourth-order valence-corrected chi connectivity index (χ4v) is 4.26. The van der Waals surface area contributed by atoms with E-state index in [1.165, 1.54) is 51.4 Å². The lowest BCUT2D eigenvalue weighted by Crippen LogP contribution is -2.26. The van der Waals surface area contributed by atoms with Crippen LogP contribution in [-0.4, -0.2) is 23.3 Å². The first-order chi connectivity index (χ1) is 14.6. The molecule has 4 N–H and O–H groups in total. The molecule has 2 unspecified atom stereocenters. The van der Waals surface area contributed by atoms with Gasteiger partial charge >= 0.3 is 0 Å². The van der Waals surface area contributed by atoms with Gasteiger partial charge in [0.25, 0.3) is 0 Å². The van der Waals surface area contributed by atoms with Gasteiger partial charge in [0.15, 0.2) is 11.6 Å². The zero-order chi connectivity index (χ0) is 21.8. The number of anilines is 1. The summed E-state index contributed by atoms with van der Waals surface area (Å²) in [6, 6.07) is 2.30. The van der Waals surface area contributed by atoms with Crippen LogP contribution >= 0.6 is 0 Å². The van der Waals surface area contributed by atoms with Crippen molar-refractivity contribution in [1.29, 1.82) is 0 Å². The summed E-state index contributed by atoms with van der Waals surface area (Å²) in [6.07, 6.45) is 18.8. The summed E-state index contributed by atoms with van der Waals surface area (Å²) >= 11 is 0. The fraction of sp³-hybridized carbons (Fsp3) is 0.680. The fourth-order valence-electron chi connectivity index (χ4n) is 4.26. The van der Waals surface area contributed by atoms with E-state index >= 15 is 0 Å². The molecule has 5 heteroatoms. The van der Waals surface area contributed by atoms with Gasteiger partial charge in [0.1, 0.15) is 0 Å². The molecule has 168 valence electrons. The van der Waals surface area contributed by atoms with Crippen molar-refractivity contribution in [3.8, 4) is 5.75 Å². The van der Waals surface area contributed by atoms with Gasteiger partial charge in [-0.3, -0.25) is 4.99 Å². The number of rotatable bonds is 12. The summed E-state index contributed by atoms with van der Waals surface area (Å²) in [4.78, 5) is 9.21. The molecule has 1 saturated carbocycles. The molecule has 0 aromatic carbocycles. The van der Waals surface area contributed by atoms with E-state index in [1.54, 1.807) is 12.4 Å². The lowest BCUT2D eigenvalue weighted by atomic mass is 9.86. The van der Waals surface area contributed by atoms with Crippen LogP contribution in [0.25, 0.3) is 5.57 Å². The Morgan fingerprint density at radius 2 is 1.97 bits per heavy atom. The van der Waals surface area contributed by atoms with Crippen molar-refractivity contribution in [2.75, 3.05) is 5.73 Å². The Morgan fingerprint density at radius 3 is 2.63 bits per heavy atom. The van der Waals surface area contributed by atoms with Gasteiger partial charge < -0.3 is 16.2 Å². The summed E-state index contributed by atoms with van der Waals surface area (Å²) in [5.41, 5.74) is 13.8. The molecule has 30 heavy (non-hydrogen) atoms. The monoisotopic (exact) mass is 414 g/mol. The van der Waals surface area contributed by atoms with E-state index in [4.69, 9.17) is 21.2 Å². The van der Waals surface area contributed by atoms with Gasteiger partial charge in [-0.25, -0.2) is 4.98 Å². The molecule has 1 aromatic heterocycles. The van der Waals surface area contributed by atoms with E-state index < -0.39 is 0 Å². The minimum Gasteiger partial charge on any atom is -0.487 e. The molecule has 0 bridgehead atoms. The van der Waals surface area contributed by atoms with E-state index in [9.17, 15) is 0 Å². The second kappa shape index (κ2) is 13.3. The summed E-state index contributed by atoms with van der Waals surface area (Å²) in [5, 5.41) is 0. The quantitative estimate of drug-likeness (QED) is 0.318. The van der Waals surface area contributed by atoms with Gasteiger partial charge in [-0.1, -0.05) is 58.8 Å². The Kier molecular flexibility index (Phi) is 10.7. The summed E-state index contributed by atoms with van der Waals surface area (Å²) in [7, 11) is 0. The number of ether oxygens (including phenoxy) is 1. The van der Waals surface area contributed by atoms with Crippen molar-refractivity contribution >= 4 is 17.6 Å². The predicted octanol–water partition coefficient (Wildman–Crippen LogP) is 6.13. The van der Waals surface area contributed by atoms with Crippen molar-refractivity contribution in [3.05, 3.63) is 24.0 Å². The molecule has 0 aliphatic heterocycles. The van der Waals surface area contributed by atoms with Gasteiger partial charge in [0.2, 0.25) is 0 Å². The lowest BCUT2D eigenvalue weighted by Gasteiger charge is -2.28. The highest BCUT2D eigenvalue weighted by atomic mass is 16.5. The van der Waals surface area contributed by atoms with Crippen molar-refractivity contribution < 1.29 is 4.74 Å². The predicted molar refractivity (Wildman–Crippen MR) is 129 cm³/mol. The third kappa shape index (κ3) is 7.66. The van der Waals surface area contributed by atoms with Crippen molar-refractivity contribution in [2.24, 2.45) is 16.6 Å². The molecule has 5 nitrogen and oxygen atoms in total. The van der Waals surface area contributed by atoms with Gasteiger partial charge in [-0.15, -0.1) is 0 Å². The first-order valence-corrected chi connectivity index (χ1v) is 12.0. The lowest BCUT2D eigenvalue weighted by molar-refractivity contribution is 0.124. The molecule has 1 aliphatic rings. The minimum absolute atomic E-state index is 0.135. The number of hydrogen-bond donors (Lipinski definition) is 2. The van der Waals surface area contributed by atoms with Gasteiger partial charge in [0.05, 0.1) is 6.10 Å². The molecule has 1 aliphatic carbocycles. The topological polar surface area (TPSA) is 86.5 Å². The average Bonchev–Trinajstić information content (AvgIpc) is 2.76. The Bertz CT molecular complexity index is 680. The Hall–Kier alpha value is -2.04. The zero-order valence-electron chi connectivity index (χ0n) is 19.3. The average molecular weight is 415 g/mol. The van der Waals surface area contributed by atoms with Gasteiger partial charge in [-0.05, 0) is 44.6 Å². The number of nitrogen functional groups attached to an aromatic ring is 1. The molecule has 1 aromatic rings. The number of aliphatic imine (C=N–C) groups is 1. The molecular weight excluding hydrogens is 372 g/mol. The molecule has 0 spiro atoms. The van der Waals surface area contributed by atoms with Gasteiger partial charge in [0, 0.05) is 35.8 Å². The number of nitrogens with two attached hydrogens (primary N) is 2. The molecule has 2 atom stereocenters. The van der Waals surface area contributed by atoms with Crippen LogP contribution in [0.3, 0.4) is 0 Å². The zero-order valence-corrected chi connectivity index (χ0v) is 19.3. The Labute approximate surface area is 183 Å². The van der Waals surface area contributed by atoms with Crippen LogP contribution in [0, 0.1) is 5.92 Å². The molecule has 0 radical (unpaired) electrons. The molecule has 0 saturated heterocycles. The second-order valence-corrected chi connectivity index (χ2v) is 8.67. The molecule has 0 amide bonds. The molecule has 1 fully saturated rings. The number of unbranched alkanes of at least 4 members (excludes halogenated alkanes) is 2. The highest BCUT2D eigenvalue weighted by Gasteiger charge is 2.22. The minimum atomic E-state index is 0.135. The number of allylic oxidation sites excluding steroid dienone is 1. The van der Waals surface area contributed by atoms with Crippen molar-refractivity contribution in [1.82, 2.24) is 4.98 Å². The highest BCUT2D eigenvalue weighted by Crippen LogP contribution is 2.31. The summed E-state index contributed by atoms with van der Waals surface area (Å²) in [5.74, 6) is 1.66. The van der Waals surface area contributed by atoms with Crippen LogP contribution in [0.2, 0.25) is 0 Å². The van der Waals surface area contributed by atoms with E-state index in [0.29, 0.717) is 23.5 Å². The maximum atomic E-state index is 6.25. The van der Waals surface area contributed by atoms with E-state index in [1.807, 2.05) is 12.3 Å². The number of aromatic nitrogens is 1. The molecule has 2 rings (SSSR count). The maximum absolute atomic E-state index is 6.25. The Balaban J connectivity index is 2.09. The molecule has 1 heterocycles. The van der Waals surface area contributed by atoms with Crippen LogP contribution < -0.4 is 16.2 Å². The summed E-state index contributed by atoms with van der Waals surface area (Å²) < 4.78 is 6.25. The van der Waals surface area contributed by atoms with Crippen molar-refractivity contribution in [2.45, 2.75) is 104 Å².